The third-order valence-corrected chi connectivity index (χ3v) is 8.63. The monoisotopic (exact) mass is 613 g/mol. The second-order valence-corrected chi connectivity index (χ2v) is 13.3. The van der Waals surface area contributed by atoms with E-state index in [2.05, 4.69) is 91.0 Å². The highest BCUT2D eigenvalue weighted by atomic mass is 32.2. The molecule has 1 fully saturated rings. The smallest absolute Gasteiger partial charge is 0.494 e. The number of hydroxylamine groups is 2. The fourth-order valence-electron chi connectivity index (χ4n) is 5.35. The molecule has 4 aromatic carbocycles. The number of rotatable bonds is 12. The number of benzene rings is 4. The van der Waals surface area contributed by atoms with E-state index in [4.69, 9.17) is 19.0 Å². The van der Waals surface area contributed by atoms with E-state index >= 15 is 0 Å². The second kappa shape index (κ2) is 15.5. The summed E-state index contributed by atoms with van der Waals surface area (Å²) in [7, 11) is 0. The Hall–Kier alpha value is -3.52. The molecule has 1 saturated heterocycles. The van der Waals surface area contributed by atoms with E-state index in [1.807, 2.05) is 38.6 Å². The molecule has 1 heterocycles. The quantitative estimate of drug-likeness (QED) is 0.117. The van der Waals surface area contributed by atoms with E-state index in [0.717, 1.165) is 35.7 Å². The summed E-state index contributed by atoms with van der Waals surface area (Å²) in [5.41, 5.74) is 3.04. The van der Waals surface area contributed by atoms with Gasteiger partial charge in [0.1, 0.15) is 11.4 Å². The number of thioether (sulfide) groups is 1. The molecule has 2 atom stereocenters. The maximum absolute atomic E-state index is 12.4. The molecular weight excluding hydrogens is 570 g/mol. The summed E-state index contributed by atoms with van der Waals surface area (Å²) < 4.78 is 18.0. The van der Waals surface area contributed by atoms with Crippen molar-refractivity contribution in [2.75, 3.05) is 25.4 Å². The van der Waals surface area contributed by atoms with Crippen LogP contribution in [0.25, 0.3) is 10.8 Å². The van der Waals surface area contributed by atoms with Crippen LogP contribution in [-0.2, 0) is 26.7 Å². The lowest BCUT2D eigenvalue weighted by molar-refractivity contribution is -0.179. The third-order valence-electron chi connectivity index (χ3n) is 7.51. The van der Waals surface area contributed by atoms with Crippen LogP contribution in [0.2, 0.25) is 0 Å². The summed E-state index contributed by atoms with van der Waals surface area (Å²) in [5, 5.41) is 4.06. The molecule has 0 N–H and O–H groups in total. The van der Waals surface area contributed by atoms with Gasteiger partial charge in [-0.25, -0.2) is 4.79 Å². The number of hydrogen-bond donors (Lipinski definition) is 0. The Morgan fingerprint density at radius 2 is 1.64 bits per heavy atom. The predicted octanol–water partition coefficient (Wildman–Crippen LogP) is 8.78. The molecule has 7 heteroatoms. The van der Waals surface area contributed by atoms with Crippen LogP contribution < -0.4 is 4.74 Å². The Labute approximate surface area is 265 Å². The van der Waals surface area contributed by atoms with Gasteiger partial charge in [0.25, 0.3) is 0 Å². The van der Waals surface area contributed by atoms with Crippen LogP contribution in [0.4, 0.5) is 4.79 Å². The molecule has 2 unspecified atom stereocenters. The van der Waals surface area contributed by atoms with Gasteiger partial charge in [-0.05, 0) is 85.0 Å². The molecule has 0 bridgehead atoms. The lowest BCUT2D eigenvalue weighted by Crippen LogP contribution is -2.45. The molecule has 0 saturated carbocycles. The van der Waals surface area contributed by atoms with E-state index in [1.165, 1.54) is 21.9 Å². The lowest BCUT2D eigenvalue weighted by Gasteiger charge is -2.37. The first kappa shape index (κ1) is 31.9. The molecule has 0 amide bonds. The first-order valence-electron chi connectivity index (χ1n) is 15.4. The minimum absolute atomic E-state index is 0.150. The Morgan fingerprint density at radius 3 is 2.41 bits per heavy atom. The lowest BCUT2D eigenvalue weighted by atomic mass is 9.87. The van der Waals surface area contributed by atoms with Gasteiger partial charge >= 0.3 is 6.16 Å². The summed E-state index contributed by atoms with van der Waals surface area (Å²) >= 11 is 1.94. The van der Waals surface area contributed by atoms with Gasteiger partial charge in [-0.2, -0.15) is 11.8 Å². The van der Waals surface area contributed by atoms with Crippen LogP contribution in [0.15, 0.2) is 97.1 Å². The van der Waals surface area contributed by atoms with E-state index in [0.29, 0.717) is 26.3 Å². The van der Waals surface area contributed by atoms with E-state index < -0.39 is 11.8 Å². The third kappa shape index (κ3) is 9.74. The molecule has 0 spiro atoms. The number of piperidine rings is 1. The Bertz CT molecular complexity index is 1470. The molecule has 0 radical (unpaired) electrons. The minimum Gasteiger partial charge on any atom is -0.494 e. The average Bonchev–Trinajstić information content (AvgIpc) is 3.01. The van der Waals surface area contributed by atoms with E-state index in [-0.39, 0.29) is 12.0 Å². The number of ether oxygens (including phenoxy) is 3. The largest absolute Gasteiger partial charge is 0.528 e. The molecule has 1 aliphatic heterocycles. The highest BCUT2D eigenvalue weighted by Gasteiger charge is 2.34. The summed E-state index contributed by atoms with van der Waals surface area (Å²) in [6.07, 6.45) is 0.916. The van der Waals surface area contributed by atoms with Crippen LogP contribution in [0, 0.1) is 0 Å². The average molecular weight is 614 g/mol. The molecule has 6 nitrogen and oxygen atoms in total. The van der Waals surface area contributed by atoms with Crippen molar-refractivity contribution in [1.82, 2.24) is 5.06 Å². The van der Waals surface area contributed by atoms with Crippen molar-refractivity contribution in [3.8, 4) is 5.75 Å². The maximum Gasteiger partial charge on any atom is 0.528 e. The van der Waals surface area contributed by atoms with Crippen molar-refractivity contribution in [3.05, 3.63) is 114 Å². The first-order valence-corrected chi connectivity index (χ1v) is 16.6. The minimum atomic E-state index is -0.691. The molecule has 1 aliphatic rings. The van der Waals surface area contributed by atoms with Crippen molar-refractivity contribution >= 4 is 28.7 Å². The number of nitrogens with zero attached hydrogens (tertiary/aromatic N) is 1. The van der Waals surface area contributed by atoms with Crippen molar-refractivity contribution in [1.29, 1.82) is 0 Å². The molecular formula is C37H43NO5S. The zero-order chi connectivity index (χ0) is 30.8. The zero-order valence-corrected chi connectivity index (χ0v) is 26.8. The van der Waals surface area contributed by atoms with E-state index in [1.54, 1.807) is 5.06 Å². The van der Waals surface area contributed by atoms with Gasteiger partial charge in [-0.1, -0.05) is 78.9 Å². The van der Waals surface area contributed by atoms with Crippen molar-refractivity contribution in [2.45, 2.75) is 63.6 Å². The van der Waals surface area contributed by atoms with E-state index in [9.17, 15) is 4.79 Å². The van der Waals surface area contributed by atoms with Crippen molar-refractivity contribution in [2.24, 2.45) is 0 Å². The van der Waals surface area contributed by atoms with Gasteiger partial charge < -0.3 is 19.0 Å². The highest BCUT2D eigenvalue weighted by Crippen LogP contribution is 2.33. The summed E-state index contributed by atoms with van der Waals surface area (Å²) in [4.78, 5) is 18.0. The van der Waals surface area contributed by atoms with Crippen LogP contribution >= 0.6 is 11.8 Å². The molecule has 5 rings (SSSR count). The fraction of sp³-hybridized carbons (Fsp3) is 0.378. The van der Waals surface area contributed by atoms with Gasteiger partial charge in [0.2, 0.25) is 0 Å². The molecule has 4 aromatic rings. The summed E-state index contributed by atoms with van der Waals surface area (Å²) in [6, 6.07) is 33.7. The maximum atomic E-state index is 12.4. The molecule has 44 heavy (non-hydrogen) atoms. The Kier molecular flexibility index (Phi) is 11.2. The predicted molar refractivity (Wildman–Crippen MR) is 178 cm³/mol. The van der Waals surface area contributed by atoms with Gasteiger partial charge in [-0.15, -0.1) is 5.06 Å². The van der Waals surface area contributed by atoms with Gasteiger partial charge in [0, 0.05) is 18.2 Å². The van der Waals surface area contributed by atoms with Crippen LogP contribution in [0.3, 0.4) is 0 Å². The summed E-state index contributed by atoms with van der Waals surface area (Å²) in [6.45, 7) is 7.70. The number of hydrogen-bond acceptors (Lipinski definition) is 7. The zero-order valence-electron chi connectivity index (χ0n) is 25.9. The number of fused-ring (bicyclic) bond motifs is 1. The topological polar surface area (TPSA) is 57.2 Å². The van der Waals surface area contributed by atoms with Crippen LogP contribution in [-0.4, -0.2) is 48.4 Å². The molecule has 0 aromatic heterocycles. The van der Waals surface area contributed by atoms with Gasteiger partial charge in [0.15, 0.2) is 0 Å². The van der Waals surface area contributed by atoms with Gasteiger partial charge in [-0.3, -0.25) is 0 Å². The number of carbonyl (C=O) groups excluding carboxylic acids is 1. The van der Waals surface area contributed by atoms with Crippen LogP contribution in [0.5, 0.6) is 5.75 Å². The van der Waals surface area contributed by atoms with Gasteiger partial charge in [0.05, 0.1) is 25.9 Å². The normalized spacial score (nSPS) is 17.3. The second-order valence-electron chi connectivity index (χ2n) is 12.2. The Morgan fingerprint density at radius 1 is 0.886 bits per heavy atom. The first-order chi connectivity index (χ1) is 21.3. The SMILES string of the molecule is CC(C)(C)OC(=O)ON1CCC(c2ccc(OCCCSCc3ccccc3)cc2)C(OCc2ccc3ccccc3c2)C1. The highest BCUT2D eigenvalue weighted by molar-refractivity contribution is 7.98. The van der Waals surface area contributed by atoms with Crippen LogP contribution in [0.1, 0.15) is 56.2 Å². The Balaban J connectivity index is 1.17. The molecule has 232 valence electrons. The van der Waals surface area contributed by atoms with Crippen molar-refractivity contribution in [3.63, 3.8) is 0 Å². The summed E-state index contributed by atoms with van der Waals surface area (Å²) in [5.74, 6) is 3.12. The van der Waals surface area contributed by atoms with Crippen molar-refractivity contribution < 1.29 is 23.8 Å². The molecule has 0 aliphatic carbocycles. The standard InChI is InChI=1S/C37H43NO5S/c1-37(2,3)42-36(39)43-38-21-20-34(35(25-38)41-26-29-14-15-30-12-7-8-13-32(30)24-29)31-16-18-33(19-17-31)40-22-9-23-44-27-28-10-5-4-6-11-28/h4-8,10-19,24,34-35H,9,20-23,25-27H2,1-3H3. The fourth-order valence-corrected chi connectivity index (χ4v) is 6.25. The number of carbonyl (C=O) groups is 1.